The van der Waals surface area contributed by atoms with E-state index in [-0.39, 0.29) is 18.0 Å². The van der Waals surface area contributed by atoms with Crippen LogP contribution in [0.1, 0.15) is 31.8 Å². The van der Waals surface area contributed by atoms with Crippen LogP contribution in [0.15, 0.2) is 67.0 Å². The van der Waals surface area contributed by atoms with Gasteiger partial charge in [-0.05, 0) is 41.5 Å². The van der Waals surface area contributed by atoms with Gasteiger partial charge in [-0.15, -0.1) is 0 Å². The van der Waals surface area contributed by atoms with Crippen LogP contribution in [-0.4, -0.2) is 36.5 Å². The minimum atomic E-state index is -0.990. The fourth-order valence-electron chi connectivity index (χ4n) is 4.03. The summed E-state index contributed by atoms with van der Waals surface area (Å²) in [5.74, 6) is -1.25. The molecule has 9 heteroatoms. The maximum atomic E-state index is 13.3. The number of aryl methyl sites for hydroxylation is 1. The Labute approximate surface area is 199 Å². The molecular weight excluding hydrogens is 454 g/mol. The van der Waals surface area contributed by atoms with E-state index >= 15 is 0 Å². The number of amides is 1. The Hall–Kier alpha value is -4.17. The van der Waals surface area contributed by atoms with Crippen molar-refractivity contribution >= 4 is 45.3 Å². The van der Waals surface area contributed by atoms with Crippen LogP contribution in [0.3, 0.4) is 0 Å². The second kappa shape index (κ2) is 8.64. The lowest BCUT2D eigenvalue weighted by Crippen LogP contribution is -2.23. The van der Waals surface area contributed by atoms with Gasteiger partial charge in [-0.2, -0.15) is 10.2 Å². The molecule has 0 atom stereocenters. The van der Waals surface area contributed by atoms with Crippen molar-refractivity contribution in [1.82, 2.24) is 24.9 Å². The number of halogens is 1. The van der Waals surface area contributed by atoms with Crippen molar-refractivity contribution in [3.05, 3.63) is 94.3 Å². The third kappa shape index (κ3) is 4.11. The van der Waals surface area contributed by atoms with Crippen LogP contribution in [0.25, 0.3) is 21.8 Å². The first-order chi connectivity index (χ1) is 16.4. The summed E-state index contributed by atoms with van der Waals surface area (Å²) in [5.41, 5.74) is 3.90. The molecule has 1 amide bonds. The molecule has 0 saturated heterocycles. The number of nitrogens with one attached hydrogen (secondary N) is 1. The van der Waals surface area contributed by atoms with Crippen LogP contribution in [-0.2, 0) is 20.1 Å². The molecule has 170 valence electrons. The summed E-state index contributed by atoms with van der Waals surface area (Å²) < 4.78 is 3.50. The van der Waals surface area contributed by atoms with E-state index in [9.17, 15) is 9.59 Å². The highest BCUT2D eigenvalue weighted by Gasteiger charge is 2.19. The second-order valence-corrected chi connectivity index (χ2v) is 8.48. The van der Waals surface area contributed by atoms with Gasteiger partial charge in [0.05, 0.1) is 29.4 Å². The van der Waals surface area contributed by atoms with Gasteiger partial charge >= 0.3 is 5.97 Å². The van der Waals surface area contributed by atoms with E-state index in [1.165, 1.54) is 12.1 Å². The molecular formula is C25H20ClN5O3. The second-order valence-electron chi connectivity index (χ2n) is 8.04. The molecule has 3 aromatic carbocycles. The number of aromatic carboxylic acids is 1. The van der Waals surface area contributed by atoms with E-state index in [1.54, 1.807) is 27.7 Å². The van der Waals surface area contributed by atoms with Crippen molar-refractivity contribution in [2.45, 2.75) is 13.1 Å². The summed E-state index contributed by atoms with van der Waals surface area (Å²) in [6, 6.07) is 15.8. The topological polar surface area (TPSA) is 102 Å². The molecule has 0 aliphatic heterocycles. The summed E-state index contributed by atoms with van der Waals surface area (Å²) in [4.78, 5) is 24.4. The molecule has 0 saturated carbocycles. The zero-order chi connectivity index (χ0) is 23.8. The summed E-state index contributed by atoms with van der Waals surface area (Å²) in [6.45, 7) is 0.701. The number of carbonyl (C=O) groups is 2. The lowest BCUT2D eigenvalue weighted by Gasteiger charge is -2.11. The number of rotatable bonds is 6. The molecule has 0 unspecified atom stereocenters. The molecule has 2 N–H and O–H groups in total. The molecule has 5 aromatic rings. The predicted molar refractivity (Wildman–Crippen MR) is 129 cm³/mol. The van der Waals surface area contributed by atoms with Gasteiger partial charge in [0.25, 0.3) is 5.91 Å². The molecule has 0 radical (unpaired) electrons. The zero-order valence-corrected chi connectivity index (χ0v) is 19.0. The molecule has 0 spiro atoms. The van der Waals surface area contributed by atoms with Gasteiger partial charge in [0.2, 0.25) is 0 Å². The maximum absolute atomic E-state index is 13.3. The van der Waals surface area contributed by atoms with Gasteiger partial charge < -0.3 is 10.4 Å². The Balaban J connectivity index is 1.51. The van der Waals surface area contributed by atoms with Crippen LogP contribution in [0, 0.1) is 0 Å². The normalized spacial score (nSPS) is 11.2. The zero-order valence-electron chi connectivity index (χ0n) is 18.2. The summed E-state index contributed by atoms with van der Waals surface area (Å²) in [7, 11) is 1.84. The highest BCUT2D eigenvalue weighted by atomic mass is 35.5. The Bertz CT molecular complexity index is 1550. The smallest absolute Gasteiger partial charge is 0.335 e. The molecule has 0 aliphatic carbocycles. The summed E-state index contributed by atoms with van der Waals surface area (Å²) >= 11 is 6.15. The number of hydrogen-bond donors (Lipinski definition) is 2. The van der Waals surface area contributed by atoms with Crippen LogP contribution in [0.2, 0.25) is 5.02 Å². The van der Waals surface area contributed by atoms with E-state index < -0.39 is 5.97 Å². The van der Waals surface area contributed by atoms with Gasteiger partial charge in [-0.1, -0.05) is 35.9 Å². The molecule has 2 aromatic heterocycles. The van der Waals surface area contributed by atoms with Crippen molar-refractivity contribution in [3.63, 3.8) is 0 Å². The molecule has 2 heterocycles. The van der Waals surface area contributed by atoms with Gasteiger partial charge in [0, 0.05) is 35.6 Å². The highest BCUT2D eigenvalue weighted by Crippen LogP contribution is 2.28. The van der Waals surface area contributed by atoms with Crippen molar-refractivity contribution in [2.75, 3.05) is 0 Å². The number of aromatic nitrogens is 4. The van der Waals surface area contributed by atoms with Crippen LogP contribution < -0.4 is 5.32 Å². The SMILES string of the molecule is Cn1cc2cc(C(=O)NCc3ccc(C(=O)O)cc3)c3c(cnn3Cc3cccc(Cl)c3)c2n1. The quantitative estimate of drug-likeness (QED) is 0.384. The monoisotopic (exact) mass is 473 g/mol. The Morgan fingerprint density at radius 3 is 2.62 bits per heavy atom. The first kappa shape index (κ1) is 21.7. The number of carboxylic acids is 1. The average molecular weight is 474 g/mol. The van der Waals surface area contributed by atoms with Crippen LogP contribution >= 0.6 is 11.6 Å². The maximum Gasteiger partial charge on any atom is 0.335 e. The van der Waals surface area contributed by atoms with Crippen molar-refractivity contribution in [3.8, 4) is 0 Å². The highest BCUT2D eigenvalue weighted by molar-refractivity contribution is 6.30. The molecule has 0 fully saturated rings. The third-order valence-corrected chi connectivity index (χ3v) is 5.86. The van der Waals surface area contributed by atoms with E-state index in [0.29, 0.717) is 22.6 Å². The fraction of sp³-hybridized carbons (Fsp3) is 0.120. The van der Waals surface area contributed by atoms with Crippen LogP contribution in [0.4, 0.5) is 0 Å². The average Bonchev–Trinajstić information content (AvgIpc) is 3.40. The van der Waals surface area contributed by atoms with Crippen molar-refractivity contribution in [1.29, 1.82) is 0 Å². The number of carboxylic acid groups (broad SMARTS) is 1. The van der Waals surface area contributed by atoms with Gasteiger partial charge in [0.1, 0.15) is 5.52 Å². The van der Waals surface area contributed by atoms with Crippen molar-refractivity contribution < 1.29 is 14.7 Å². The molecule has 0 bridgehead atoms. The van der Waals surface area contributed by atoms with Crippen molar-refractivity contribution in [2.24, 2.45) is 7.05 Å². The number of hydrogen-bond acceptors (Lipinski definition) is 4. The van der Waals surface area contributed by atoms with E-state index in [4.69, 9.17) is 16.7 Å². The Morgan fingerprint density at radius 2 is 1.88 bits per heavy atom. The summed E-state index contributed by atoms with van der Waals surface area (Å²) in [5, 5.41) is 23.4. The number of fused-ring (bicyclic) bond motifs is 3. The minimum Gasteiger partial charge on any atom is -0.478 e. The summed E-state index contributed by atoms with van der Waals surface area (Å²) in [6.07, 6.45) is 3.60. The first-order valence-corrected chi connectivity index (χ1v) is 10.9. The predicted octanol–water partition coefficient (Wildman–Crippen LogP) is 4.25. The van der Waals surface area contributed by atoms with Gasteiger partial charge in [-0.25, -0.2) is 4.79 Å². The Morgan fingerprint density at radius 1 is 1.09 bits per heavy atom. The number of nitrogens with zero attached hydrogens (tertiary/aromatic N) is 4. The molecule has 8 nitrogen and oxygen atoms in total. The molecule has 5 rings (SSSR count). The van der Waals surface area contributed by atoms with E-state index in [1.807, 2.05) is 43.6 Å². The lowest BCUT2D eigenvalue weighted by molar-refractivity contribution is 0.0696. The Kier molecular flexibility index (Phi) is 5.51. The first-order valence-electron chi connectivity index (χ1n) is 10.6. The third-order valence-electron chi connectivity index (χ3n) is 5.63. The molecule has 0 aliphatic rings. The lowest BCUT2D eigenvalue weighted by atomic mass is 10.1. The largest absolute Gasteiger partial charge is 0.478 e. The fourth-order valence-corrected chi connectivity index (χ4v) is 4.25. The minimum absolute atomic E-state index is 0.198. The number of carbonyl (C=O) groups excluding carboxylic acids is 1. The van der Waals surface area contributed by atoms with E-state index in [2.05, 4.69) is 15.5 Å². The van der Waals surface area contributed by atoms with Gasteiger partial charge in [0.15, 0.2) is 0 Å². The molecule has 34 heavy (non-hydrogen) atoms. The van der Waals surface area contributed by atoms with Crippen LogP contribution in [0.5, 0.6) is 0 Å². The van der Waals surface area contributed by atoms with Gasteiger partial charge in [-0.3, -0.25) is 14.2 Å². The van der Waals surface area contributed by atoms with E-state index in [0.717, 1.165) is 27.4 Å². The standard InChI is InChI=1S/C25H20ClN5O3/c1-30-14-18-10-20(24(32)27-11-15-5-7-17(8-6-15)25(33)34)23-21(22(18)29-30)12-28-31(23)13-16-3-2-4-19(26)9-16/h2-10,12,14H,11,13H2,1H3,(H,27,32)(H,33,34). The number of benzene rings is 3.